The number of aromatic nitrogens is 1. The maximum Gasteiger partial charge on any atom is 0.259 e. The van der Waals surface area contributed by atoms with Crippen molar-refractivity contribution in [1.29, 1.82) is 0 Å². The number of hydrogen-bond donors (Lipinski definition) is 3. The highest BCUT2D eigenvalue weighted by molar-refractivity contribution is 6.32. The van der Waals surface area contributed by atoms with E-state index < -0.39 is 0 Å². The molecule has 5 rings (SSSR count). The van der Waals surface area contributed by atoms with Gasteiger partial charge in [0, 0.05) is 34.5 Å². The van der Waals surface area contributed by atoms with E-state index in [0.717, 1.165) is 27.4 Å². The lowest BCUT2D eigenvalue weighted by Crippen LogP contribution is -2.20. The van der Waals surface area contributed by atoms with Gasteiger partial charge in [0.05, 0.1) is 11.1 Å². The summed E-state index contributed by atoms with van der Waals surface area (Å²) in [6.45, 7) is 0. The second kappa shape index (κ2) is 4.70. The van der Waals surface area contributed by atoms with E-state index in [1.807, 2.05) is 48.5 Å². The maximum atomic E-state index is 12.5. The highest BCUT2D eigenvalue weighted by Gasteiger charge is 2.33. The number of aromatic amines is 1. The van der Waals surface area contributed by atoms with Crippen molar-refractivity contribution in [3.63, 3.8) is 0 Å². The molecule has 0 aliphatic carbocycles. The van der Waals surface area contributed by atoms with E-state index in [9.17, 15) is 9.59 Å². The van der Waals surface area contributed by atoms with E-state index in [2.05, 4.69) is 10.3 Å². The summed E-state index contributed by atoms with van der Waals surface area (Å²) in [4.78, 5) is 28.4. The SMILES string of the molecule is Nc1ccccc1-c1cc2[nH]c3ccccc3c2c2c1C(=O)NC2=O.[HH]. The lowest BCUT2D eigenvalue weighted by molar-refractivity contribution is 0.0880. The largest absolute Gasteiger partial charge is 0.398 e. The Bertz CT molecular complexity index is 1230. The van der Waals surface area contributed by atoms with Gasteiger partial charge in [-0.05, 0) is 23.8 Å². The molecule has 0 fully saturated rings. The topological polar surface area (TPSA) is 88.0 Å². The molecular formula is C20H15N3O2. The number of anilines is 1. The number of benzene rings is 3. The van der Waals surface area contributed by atoms with Crippen molar-refractivity contribution in [3.8, 4) is 11.1 Å². The number of nitrogens with two attached hydrogens (primary N) is 1. The highest BCUT2D eigenvalue weighted by Crippen LogP contribution is 2.40. The third-order valence-corrected chi connectivity index (χ3v) is 4.73. The van der Waals surface area contributed by atoms with Gasteiger partial charge in [-0.15, -0.1) is 0 Å². The van der Waals surface area contributed by atoms with Crippen LogP contribution in [0.15, 0.2) is 54.6 Å². The summed E-state index contributed by atoms with van der Waals surface area (Å²) in [6.07, 6.45) is 0. The number of hydrogen-bond acceptors (Lipinski definition) is 3. The number of rotatable bonds is 1. The van der Waals surface area contributed by atoms with Crippen LogP contribution in [0, 0.1) is 0 Å². The molecule has 1 aliphatic rings. The van der Waals surface area contributed by atoms with Crippen molar-refractivity contribution >= 4 is 39.3 Å². The van der Waals surface area contributed by atoms with Crippen LogP contribution in [0.3, 0.4) is 0 Å². The number of nitrogens with one attached hydrogen (secondary N) is 2. The van der Waals surface area contributed by atoms with Crippen LogP contribution < -0.4 is 11.1 Å². The Balaban J connectivity index is 0.00000168. The minimum absolute atomic E-state index is 0. The van der Waals surface area contributed by atoms with E-state index >= 15 is 0 Å². The molecule has 0 radical (unpaired) electrons. The van der Waals surface area contributed by atoms with Gasteiger partial charge in [-0.1, -0.05) is 36.4 Å². The molecule has 0 saturated heterocycles. The van der Waals surface area contributed by atoms with Gasteiger partial charge in [0.15, 0.2) is 0 Å². The second-order valence-corrected chi connectivity index (χ2v) is 6.14. The molecule has 2 amide bonds. The average Bonchev–Trinajstić information content (AvgIpc) is 3.12. The van der Waals surface area contributed by atoms with Gasteiger partial charge in [-0.25, -0.2) is 0 Å². The standard InChI is InChI=1S/C20H13N3O2.H2/c21-13-7-3-1-5-10(13)12-9-15-16(11-6-2-4-8-14(11)22-15)18-17(12)19(24)23-20(18)25;/h1-9,22H,21H2,(H,23,24,25);1H. The minimum Gasteiger partial charge on any atom is -0.398 e. The molecular weight excluding hydrogens is 314 g/mol. The number of fused-ring (bicyclic) bond motifs is 5. The Morgan fingerprint density at radius 3 is 2.36 bits per heavy atom. The van der Waals surface area contributed by atoms with Crippen LogP contribution in [0.2, 0.25) is 0 Å². The second-order valence-electron chi connectivity index (χ2n) is 6.14. The number of nitrogen functional groups attached to an aromatic ring is 1. The van der Waals surface area contributed by atoms with Crippen LogP contribution in [0.25, 0.3) is 32.9 Å². The summed E-state index contributed by atoms with van der Waals surface area (Å²) < 4.78 is 0. The van der Waals surface area contributed by atoms with E-state index in [-0.39, 0.29) is 13.2 Å². The van der Waals surface area contributed by atoms with Crippen LogP contribution in [0.5, 0.6) is 0 Å². The first-order valence-electron chi connectivity index (χ1n) is 7.93. The first-order chi connectivity index (χ1) is 12.1. The first-order valence-corrected chi connectivity index (χ1v) is 7.93. The van der Waals surface area contributed by atoms with Crippen molar-refractivity contribution in [2.45, 2.75) is 0 Å². The fourth-order valence-electron chi connectivity index (χ4n) is 3.66. The molecule has 5 heteroatoms. The van der Waals surface area contributed by atoms with Gasteiger partial charge in [0.25, 0.3) is 11.8 Å². The number of H-pyrrole nitrogens is 1. The van der Waals surface area contributed by atoms with Crippen LogP contribution in [0.4, 0.5) is 5.69 Å². The lowest BCUT2D eigenvalue weighted by atomic mass is 9.92. The van der Waals surface area contributed by atoms with Gasteiger partial charge >= 0.3 is 0 Å². The fourth-order valence-corrected chi connectivity index (χ4v) is 3.66. The van der Waals surface area contributed by atoms with Crippen LogP contribution in [0.1, 0.15) is 22.1 Å². The third-order valence-electron chi connectivity index (χ3n) is 4.73. The Hall–Kier alpha value is -3.60. The Labute approximate surface area is 143 Å². The predicted octanol–water partition coefficient (Wildman–Crippen LogP) is 3.70. The van der Waals surface area contributed by atoms with Crippen LogP contribution in [-0.4, -0.2) is 16.8 Å². The van der Waals surface area contributed by atoms with Gasteiger partial charge < -0.3 is 10.7 Å². The zero-order chi connectivity index (χ0) is 17.1. The summed E-state index contributed by atoms with van der Waals surface area (Å²) in [5, 5.41) is 4.12. The maximum absolute atomic E-state index is 12.5. The molecule has 0 saturated carbocycles. The summed E-state index contributed by atoms with van der Waals surface area (Å²) in [7, 11) is 0. The number of imide groups is 1. The predicted molar refractivity (Wildman–Crippen MR) is 99.6 cm³/mol. The van der Waals surface area contributed by atoms with Gasteiger partial charge in [0.1, 0.15) is 0 Å². The van der Waals surface area contributed by atoms with Crippen molar-refractivity contribution in [2.24, 2.45) is 0 Å². The molecule has 2 heterocycles. The number of para-hydroxylation sites is 2. The number of carbonyl (C=O) groups is 2. The Kier molecular flexibility index (Phi) is 2.60. The van der Waals surface area contributed by atoms with Gasteiger partial charge in [-0.3, -0.25) is 14.9 Å². The summed E-state index contributed by atoms with van der Waals surface area (Å²) in [6, 6.07) is 17.0. The highest BCUT2D eigenvalue weighted by atomic mass is 16.2. The molecule has 1 aliphatic heterocycles. The molecule has 1 aromatic heterocycles. The normalized spacial score (nSPS) is 13.4. The minimum atomic E-state index is -0.384. The molecule has 0 unspecified atom stereocenters. The van der Waals surface area contributed by atoms with E-state index in [0.29, 0.717) is 22.4 Å². The summed E-state index contributed by atoms with van der Waals surface area (Å²) >= 11 is 0. The van der Waals surface area contributed by atoms with Gasteiger partial charge in [-0.2, -0.15) is 0 Å². The van der Waals surface area contributed by atoms with Gasteiger partial charge in [0.2, 0.25) is 0 Å². The van der Waals surface area contributed by atoms with E-state index in [1.54, 1.807) is 6.07 Å². The van der Waals surface area contributed by atoms with Crippen LogP contribution in [-0.2, 0) is 0 Å². The van der Waals surface area contributed by atoms with Crippen molar-refractivity contribution in [2.75, 3.05) is 5.73 Å². The molecule has 0 bridgehead atoms. The molecule has 3 aromatic carbocycles. The number of carbonyl (C=O) groups excluding carboxylic acids is 2. The van der Waals surface area contributed by atoms with Crippen LogP contribution >= 0.6 is 0 Å². The van der Waals surface area contributed by atoms with Crippen molar-refractivity contribution in [3.05, 3.63) is 65.7 Å². The van der Waals surface area contributed by atoms with E-state index in [4.69, 9.17) is 5.73 Å². The Morgan fingerprint density at radius 1 is 0.800 bits per heavy atom. The monoisotopic (exact) mass is 329 g/mol. The number of amides is 2. The molecule has 0 atom stereocenters. The third kappa shape index (κ3) is 1.77. The molecule has 25 heavy (non-hydrogen) atoms. The van der Waals surface area contributed by atoms with Crippen molar-refractivity contribution < 1.29 is 11.0 Å². The molecule has 5 nitrogen and oxygen atoms in total. The van der Waals surface area contributed by atoms with Crippen molar-refractivity contribution in [1.82, 2.24) is 10.3 Å². The Morgan fingerprint density at radius 2 is 1.52 bits per heavy atom. The zero-order valence-corrected chi connectivity index (χ0v) is 13.1. The molecule has 4 aromatic rings. The molecule has 4 N–H and O–H groups in total. The smallest absolute Gasteiger partial charge is 0.259 e. The average molecular weight is 329 g/mol. The summed E-state index contributed by atoms with van der Waals surface area (Å²) in [5.74, 6) is -0.753. The van der Waals surface area contributed by atoms with E-state index in [1.165, 1.54) is 0 Å². The molecule has 0 spiro atoms. The quantitative estimate of drug-likeness (QED) is 0.367. The lowest BCUT2D eigenvalue weighted by Gasteiger charge is -2.10. The fraction of sp³-hybridized carbons (Fsp3) is 0. The zero-order valence-electron chi connectivity index (χ0n) is 13.1. The first kappa shape index (κ1) is 13.8. The molecule has 122 valence electrons. The summed E-state index contributed by atoms with van der Waals surface area (Å²) in [5.41, 5.74) is 10.6.